The largest absolute Gasteiger partial charge is 0.505 e. The van der Waals surface area contributed by atoms with Crippen LogP contribution in [0.2, 0.25) is 0 Å². The monoisotopic (exact) mass is 589 g/mol. The van der Waals surface area contributed by atoms with Crippen LogP contribution >= 0.6 is 0 Å². The molecule has 7 heteroatoms. The Morgan fingerprint density at radius 1 is 0.609 bits per heavy atom. The molecule has 6 aromatic carbocycles. The van der Waals surface area contributed by atoms with Crippen molar-refractivity contribution in [3.63, 3.8) is 0 Å². The van der Waals surface area contributed by atoms with Crippen LogP contribution in [0.3, 0.4) is 0 Å². The Kier molecular flexibility index (Phi) is 6.43. The molecule has 214 valence electrons. The van der Waals surface area contributed by atoms with Crippen LogP contribution in [0.5, 0.6) is 11.5 Å². The number of fused-ring (bicyclic) bond motifs is 3. The van der Waals surface area contributed by atoms with E-state index in [1.807, 2.05) is 53.2 Å². The first-order chi connectivity index (χ1) is 22.5. The van der Waals surface area contributed by atoms with Crippen molar-refractivity contribution in [1.82, 2.24) is 14.5 Å². The molecule has 4 radical (unpaired) electrons. The maximum Gasteiger partial charge on any atom is 0.159 e. The van der Waals surface area contributed by atoms with Crippen LogP contribution in [0.4, 0.5) is 0 Å². The fourth-order valence-corrected chi connectivity index (χ4v) is 6.66. The summed E-state index contributed by atoms with van der Waals surface area (Å²) in [5.74, 6) is -0.136. The number of aromatic nitrogens is 3. The topological polar surface area (TPSA) is 71.2 Å². The van der Waals surface area contributed by atoms with Crippen LogP contribution in [0, 0.1) is 6.92 Å². The highest BCUT2D eigenvalue weighted by atomic mass is 16.3. The Labute approximate surface area is 268 Å². The molecule has 5 nitrogen and oxygen atoms in total. The molecule has 8 aromatic rings. The van der Waals surface area contributed by atoms with Gasteiger partial charge in [0.1, 0.15) is 21.5 Å². The minimum atomic E-state index is -0.414. The number of para-hydroxylation sites is 2. The Hall–Kier alpha value is -5.81. The number of rotatable bonds is 4. The number of benzene rings is 6. The summed E-state index contributed by atoms with van der Waals surface area (Å²) in [6.07, 6.45) is 3.68. The van der Waals surface area contributed by atoms with Crippen molar-refractivity contribution in [2.75, 3.05) is 0 Å². The molecule has 8 rings (SSSR count). The van der Waals surface area contributed by atoms with Crippen molar-refractivity contribution in [3.05, 3.63) is 127 Å². The first kappa shape index (κ1) is 27.7. The van der Waals surface area contributed by atoms with E-state index >= 15 is 0 Å². The summed E-state index contributed by atoms with van der Waals surface area (Å²) in [4.78, 5) is 9.59. The predicted octanol–water partition coefficient (Wildman–Crippen LogP) is 7.04. The molecule has 0 bridgehead atoms. The molecular weight excluding hydrogens is 564 g/mol. The second-order valence-corrected chi connectivity index (χ2v) is 11.4. The van der Waals surface area contributed by atoms with Crippen LogP contribution < -0.4 is 10.9 Å². The summed E-state index contributed by atoms with van der Waals surface area (Å²) < 4.78 is 1.91. The van der Waals surface area contributed by atoms with Crippen molar-refractivity contribution < 1.29 is 10.2 Å². The smallest absolute Gasteiger partial charge is 0.159 e. The second kappa shape index (κ2) is 10.7. The molecule has 0 saturated heterocycles. The van der Waals surface area contributed by atoms with E-state index in [0.717, 1.165) is 60.4 Å². The summed E-state index contributed by atoms with van der Waals surface area (Å²) in [5.41, 5.74) is 7.65. The van der Waals surface area contributed by atoms with Crippen LogP contribution in [0.1, 0.15) is 5.56 Å². The molecule has 0 amide bonds. The number of pyridine rings is 1. The van der Waals surface area contributed by atoms with E-state index < -0.39 is 5.75 Å². The summed E-state index contributed by atoms with van der Waals surface area (Å²) in [5, 5.41) is 25.5. The zero-order chi connectivity index (χ0) is 31.5. The van der Waals surface area contributed by atoms with E-state index in [1.165, 1.54) is 0 Å². The van der Waals surface area contributed by atoms with Gasteiger partial charge in [0.2, 0.25) is 0 Å². The van der Waals surface area contributed by atoms with Crippen molar-refractivity contribution in [2.45, 2.75) is 6.92 Å². The van der Waals surface area contributed by atoms with Gasteiger partial charge in [-0.25, -0.2) is 4.98 Å². The van der Waals surface area contributed by atoms with Crippen LogP contribution in [0.15, 0.2) is 122 Å². The maximum absolute atomic E-state index is 10.9. The Morgan fingerprint density at radius 3 is 1.85 bits per heavy atom. The minimum absolute atomic E-state index is 0.0272. The van der Waals surface area contributed by atoms with E-state index in [-0.39, 0.29) is 16.7 Å². The van der Waals surface area contributed by atoms with Crippen molar-refractivity contribution >= 4 is 59.2 Å². The number of hydrogen-bond donors (Lipinski definition) is 2. The highest BCUT2D eigenvalue weighted by Crippen LogP contribution is 2.46. The molecule has 2 heterocycles. The van der Waals surface area contributed by atoms with Gasteiger partial charge < -0.3 is 10.2 Å². The van der Waals surface area contributed by atoms with Gasteiger partial charge in [-0.15, -0.1) is 0 Å². The molecule has 46 heavy (non-hydrogen) atoms. The van der Waals surface area contributed by atoms with Gasteiger partial charge in [-0.3, -0.25) is 9.55 Å². The highest BCUT2D eigenvalue weighted by Gasteiger charge is 2.26. The summed E-state index contributed by atoms with van der Waals surface area (Å²) in [6, 6.07) is 36.9. The van der Waals surface area contributed by atoms with Gasteiger partial charge in [-0.2, -0.15) is 0 Å². The number of imidazole rings is 1. The number of aromatic hydroxyl groups is 2. The van der Waals surface area contributed by atoms with Crippen LogP contribution in [-0.4, -0.2) is 40.4 Å². The SMILES string of the molecule is [B]c1c(C)c(O)c(O)c([B])c1-n1c(-c2c3ccccc3c(-c3ccccc3-c3cccnc3)c3ccccc23)nc2ccccc21. The summed E-state index contributed by atoms with van der Waals surface area (Å²) in [7, 11) is 13.2. The molecular formula is C39H25B2N3O2. The molecule has 0 fully saturated rings. The van der Waals surface area contributed by atoms with E-state index in [0.29, 0.717) is 17.1 Å². The Bertz CT molecular complexity index is 2400. The van der Waals surface area contributed by atoms with Gasteiger partial charge in [-0.05, 0) is 74.4 Å². The van der Waals surface area contributed by atoms with E-state index in [1.54, 1.807) is 13.1 Å². The quantitative estimate of drug-likeness (QED) is 0.131. The molecule has 2 N–H and O–H groups in total. The molecule has 0 atom stereocenters. The minimum Gasteiger partial charge on any atom is -0.505 e. The highest BCUT2D eigenvalue weighted by molar-refractivity contribution is 6.44. The molecule has 0 aliphatic carbocycles. The van der Waals surface area contributed by atoms with Crippen molar-refractivity contribution in [2.24, 2.45) is 0 Å². The van der Waals surface area contributed by atoms with Gasteiger partial charge >= 0.3 is 0 Å². The van der Waals surface area contributed by atoms with E-state index in [4.69, 9.17) is 20.7 Å². The first-order valence-electron chi connectivity index (χ1n) is 15.0. The lowest BCUT2D eigenvalue weighted by Crippen LogP contribution is -2.27. The van der Waals surface area contributed by atoms with Gasteiger partial charge in [0.25, 0.3) is 0 Å². The van der Waals surface area contributed by atoms with Gasteiger partial charge in [0.15, 0.2) is 11.5 Å². The van der Waals surface area contributed by atoms with Gasteiger partial charge in [-0.1, -0.05) is 96.5 Å². The standard InChI is InChI=1S/C39H25B2N3O2/c1-22-34(40)36(35(41)38(46)37(22)45)44-31-19-9-8-18-30(31)43-39(44)33-28-16-6-4-14-26(28)32(27-15-5-7-17-29(27)33)25-13-3-2-12-24(25)23-11-10-20-42-21-23/h2-21,45-46H,1H3. The lowest BCUT2D eigenvalue weighted by atomic mass is 9.80. The predicted molar refractivity (Wildman–Crippen MR) is 189 cm³/mol. The van der Waals surface area contributed by atoms with E-state index in [2.05, 4.69) is 71.7 Å². The zero-order valence-electron chi connectivity index (χ0n) is 24.9. The Morgan fingerprint density at radius 2 is 1.20 bits per heavy atom. The fourth-order valence-electron chi connectivity index (χ4n) is 6.66. The van der Waals surface area contributed by atoms with Gasteiger partial charge in [0, 0.05) is 29.2 Å². The third-order valence-electron chi connectivity index (χ3n) is 8.86. The molecule has 0 aliphatic rings. The number of phenolic OH excluding ortho intramolecular Hbond substituents is 2. The fraction of sp³-hybridized carbons (Fsp3) is 0.0256. The van der Waals surface area contributed by atoms with Gasteiger partial charge in [0.05, 0.1) is 11.0 Å². The lowest BCUT2D eigenvalue weighted by Gasteiger charge is -2.22. The third-order valence-corrected chi connectivity index (χ3v) is 8.86. The van der Waals surface area contributed by atoms with Crippen molar-refractivity contribution in [3.8, 4) is 50.8 Å². The zero-order valence-corrected chi connectivity index (χ0v) is 24.9. The normalized spacial score (nSPS) is 11.5. The molecule has 0 unspecified atom stereocenters. The number of hydrogen-bond acceptors (Lipinski definition) is 4. The summed E-state index contributed by atoms with van der Waals surface area (Å²) in [6.45, 7) is 1.66. The summed E-state index contributed by atoms with van der Waals surface area (Å²) >= 11 is 0. The molecule has 2 aromatic heterocycles. The number of phenols is 2. The second-order valence-electron chi connectivity index (χ2n) is 11.4. The lowest BCUT2D eigenvalue weighted by molar-refractivity contribution is 0.404. The molecule has 0 saturated carbocycles. The molecule has 0 aliphatic heterocycles. The van der Waals surface area contributed by atoms with Crippen LogP contribution in [-0.2, 0) is 0 Å². The molecule has 0 spiro atoms. The van der Waals surface area contributed by atoms with Crippen molar-refractivity contribution in [1.29, 1.82) is 0 Å². The average molecular weight is 589 g/mol. The number of nitrogens with zero attached hydrogens (tertiary/aromatic N) is 3. The third kappa shape index (κ3) is 4.05. The first-order valence-corrected chi connectivity index (χ1v) is 15.0. The average Bonchev–Trinajstić information content (AvgIpc) is 3.48. The van der Waals surface area contributed by atoms with E-state index in [9.17, 15) is 10.2 Å². The maximum atomic E-state index is 10.9. The Balaban J connectivity index is 1.54. The van der Waals surface area contributed by atoms with Crippen LogP contribution in [0.25, 0.3) is 71.9 Å².